The van der Waals surface area contributed by atoms with Gasteiger partial charge in [-0.1, -0.05) is 44.9 Å². The summed E-state index contributed by atoms with van der Waals surface area (Å²) in [6.45, 7) is 5.52. The molecule has 0 saturated heterocycles. The molecule has 122 valence electrons. The standard InChI is InChI=1S/C18H28N2OS/c1-17(2,13-19)14-20(3)16(21)18(11-7-8-12-18)22-15-9-5-4-6-10-15/h4-6,9-10H,7-8,11-14,19H2,1-3H3. The van der Waals surface area contributed by atoms with Crippen molar-refractivity contribution in [3.8, 4) is 0 Å². The normalized spacial score (nSPS) is 17.5. The van der Waals surface area contributed by atoms with Crippen LogP contribution in [0.5, 0.6) is 0 Å². The van der Waals surface area contributed by atoms with Gasteiger partial charge in [0.15, 0.2) is 0 Å². The van der Waals surface area contributed by atoms with Crippen molar-refractivity contribution in [3.05, 3.63) is 30.3 Å². The van der Waals surface area contributed by atoms with Gasteiger partial charge in [-0.15, -0.1) is 11.8 Å². The maximum absolute atomic E-state index is 13.1. The van der Waals surface area contributed by atoms with E-state index in [9.17, 15) is 4.79 Å². The molecule has 0 atom stereocenters. The largest absolute Gasteiger partial charge is 0.344 e. The second kappa shape index (κ2) is 7.05. The molecule has 1 aromatic rings. The summed E-state index contributed by atoms with van der Waals surface area (Å²) < 4.78 is -0.291. The molecule has 0 unspecified atom stereocenters. The first-order valence-corrected chi connectivity index (χ1v) is 8.90. The summed E-state index contributed by atoms with van der Waals surface area (Å²) in [4.78, 5) is 16.2. The van der Waals surface area contributed by atoms with E-state index in [1.165, 1.54) is 4.90 Å². The number of benzene rings is 1. The molecule has 1 aliphatic rings. The average Bonchev–Trinajstić information content (AvgIpc) is 2.96. The van der Waals surface area contributed by atoms with E-state index in [1.54, 1.807) is 11.8 Å². The van der Waals surface area contributed by atoms with Crippen LogP contribution in [0, 0.1) is 5.41 Å². The van der Waals surface area contributed by atoms with Crippen LogP contribution in [0.2, 0.25) is 0 Å². The second-order valence-electron chi connectivity index (χ2n) is 7.15. The predicted octanol–water partition coefficient (Wildman–Crippen LogP) is 3.53. The highest BCUT2D eigenvalue weighted by Crippen LogP contribution is 2.46. The van der Waals surface area contributed by atoms with Gasteiger partial charge >= 0.3 is 0 Å². The Morgan fingerprint density at radius 3 is 2.41 bits per heavy atom. The van der Waals surface area contributed by atoms with E-state index in [0.29, 0.717) is 13.1 Å². The Morgan fingerprint density at radius 1 is 1.27 bits per heavy atom. The Hall–Kier alpha value is -1.00. The van der Waals surface area contributed by atoms with Gasteiger partial charge in [-0.2, -0.15) is 0 Å². The van der Waals surface area contributed by atoms with Crippen LogP contribution in [0.1, 0.15) is 39.5 Å². The van der Waals surface area contributed by atoms with Crippen molar-refractivity contribution in [1.82, 2.24) is 4.90 Å². The fraction of sp³-hybridized carbons (Fsp3) is 0.611. The number of amides is 1. The van der Waals surface area contributed by atoms with Crippen LogP contribution in [0.15, 0.2) is 35.2 Å². The van der Waals surface area contributed by atoms with Crippen molar-refractivity contribution in [2.45, 2.75) is 49.2 Å². The summed E-state index contributed by atoms with van der Waals surface area (Å²) in [5.74, 6) is 0.264. The minimum Gasteiger partial charge on any atom is -0.344 e. The van der Waals surface area contributed by atoms with E-state index in [-0.39, 0.29) is 16.1 Å². The zero-order valence-corrected chi connectivity index (χ0v) is 14.8. The topological polar surface area (TPSA) is 46.3 Å². The first kappa shape index (κ1) is 17.4. The lowest BCUT2D eigenvalue weighted by molar-refractivity contribution is -0.133. The lowest BCUT2D eigenvalue weighted by Gasteiger charge is -2.36. The van der Waals surface area contributed by atoms with Crippen molar-refractivity contribution >= 4 is 17.7 Å². The number of carbonyl (C=O) groups excluding carboxylic acids is 1. The van der Waals surface area contributed by atoms with Gasteiger partial charge in [-0.05, 0) is 36.9 Å². The van der Waals surface area contributed by atoms with E-state index in [0.717, 1.165) is 25.7 Å². The van der Waals surface area contributed by atoms with Crippen LogP contribution in [-0.2, 0) is 4.79 Å². The van der Waals surface area contributed by atoms with Gasteiger partial charge in [0.05, 0.1) is 4.75 Å². The van der Waals surface area contributed by atoms with Crippen LogP contribution in [-0.4, -0.2) is 35.7 Å². The molecule has 1 aliphatic carbocycles. The first-order valence-electron chi connectivity index (χ1n) is 8.08. The van der Waals surface area contributed by atoms with E-state index in [1.807, 2.05) is 30.1 Å². The van der Waals surface area contributed by atoms with Gasteiger partial charge in [-0.25, -0.2) is 0 Å². The van der Waals surface area contributed by atoms with Crippen LogP contribution in [0.3, 0.4) is 0 Å². The summed E-state index contributed by atoms with van der Waals surface area (Å²) in [6, 6.07) is 10.3. The molecule has 0 spiro atoms. The van der Waals surface area contributed by atoms with Crippen molar-refractivity contribution in [2.24, 2.45) is 11.1 Å². The van der Waals surface area contributed by atoms with Crippen LogP contribution >= 0.6 is 11.8 Å². The summed E-state index contributed by atoms with van der Waals surface area (Å²) in [5, 5.41) is 0. The molecule has 0 bridgehead atoms. The van der Waals surface area contributed by atoms with Crippen molar-refractivity contribution < 1.29 is 4.79 Å². The number of hydrogen-bond donors (Lipinski definition) is 1. The molecular formula is C18H28N2OS. The minimum absolute atomic E-state index is 0.0401. The molecule has 1 saturated carbocycles. The van der Waals surface area contributed by atoms with E-state index in [4.69, 9.17) is 5.73 Å². The number of carbonyl (C=O) groups is 1. The molecule has 2 rings (SSSR count). The molecule has 0 aromatic heterocycles. The minimum atomic E-state index is -0.291. The summed E-state index contributed by atoms with van der Waals surface area (Å²) >= 11 is 1.75. The Labute approximate surface area is 138 Å². The lowest BCUT2D eigenvalue weighted by atomic mass is 9.92. The highest BCUT2D eigenvalue weighted by Gasteiger charge is 2.44. The zero-order chi connectivity index (χ0) is 16.2. The number of rotatable bonds is 6. The molecule has 0 heterocycles. The van der Waals surface area contributed by atoms with E-state index < -0.39 is 0 Å². The highest BCUT2D eigenvalue weighted by molar-refractivity contribution is 8.01. The smallest absolute Gasteiger partial charge is 0.238 e. The molecular weight excluding hydrogens is 292 g/mol. The van der Waals surface area contributed by atoms with Gasteiger partial charge in [0, 0.05) is 18.5 Å². The van der Waals surface area contributed by atoms with Crippen LogP contribution < -0.4 is 5.73 Å². The molecule has 2 N–H and O–H groups in total. The van der Waals surface area contributed by atoms with Crippen molar-refractivity contribution in [1.29, 1.82) is 0 Å². The van der Waals surface area contributed by atoms with Crippen LogP contribution in [0.25, 0.3) is 0 Å². The van der Waals surface area contributed by atoms with Gasteiger partial charge in [-0.3, -0.25) is 4.79 Å². The SMILES string of the molecule is CN(CC(C)(C)CN)C(=O)C1(Sc2ccccc2)CCCC1. The fourth-order valence-electron chi connectivity index (χ4n) is 3.15. The molecule has 0 radical (unpaired) electrons. The fourth-order valence-corrected chi connectivity index (χ4v) is 4.63. The summed E-state index contributed by atoms with van der Waals surface area (Å²) in [5.41, 5.74) is 5.78. The third-order valence-corrected chi connectivity index (χ3v) is 5.90. The third kappa shape index (κ3) is 4.05. The number of thioether (sulfide) groups is 1. The maximum atomic E-state index is 13.1. The van der Waals surface area contributed by atoms with E-state index in [2.05, 4.69) is 26.0 Å². The summed E-state index contributed by atoms with van der Waals surface area (Å²) in [7, 11) is 1.92. The van der Waals surface area contributed by atoms with Crippen molar-refractivity contribution in [2.75, 3.05) is 20.1 Å². The molecule has 22 heavy (non-hydrogen) atoms. The Bertz CT molecular complexity index is 495. The molecule has 4 heteroatoms. The van der Waals surface area contributed by atoms with Gasteiger partial charge in [0.25, 0.3) is 0 Å². The lowest BCUT2D eigenvalue weighted by Crippen LogP contribution is -2.48. The zero-order valence-electron chi connectivity index (χ0n) is 14.0. The molecule has 1 fully saturated rings. The molecule has 3 nitrogen and oxygen atoms in total. The maximum Gasteiger partial charge on any atom is 0.238 e. The number of nitrogens with zero attached hydrogens (tertiary/aromatic N) is 1. The quantitative estimate of drug-likeness (QED) is 0.872. The highest BCUT2D eigenvalue weighted by atomic mass is 32.2. The predicted molar refractivity (Wildman–Crippen MR) is 94.0 cm³/mol. The number of hydrogen-bond acceptors (Lipinski definition) is 3. The molecule has 0 aliphatic heterocycles. The van der Waals surface area contributed by atoms with Crippen LogP contribution in [0.4, 0.5) is 0 Å². The third-order valence-electron chi connectivity index (χ3n) is 4.42. The van der Waals surface area contributed by atoms with Gasteiger partial charge < -0.3 is 10.6 Å². The molecule has 1 aromatic carbocycles. The van der Waals surface area contributed by atoms with Gasteiger partial charge in [0.1, 0.15) is 0 Å². The van der Waals surface area contributed by atoms with Crippen molar-refractivity contribution in [3.63, 3.8) is 0 Å². The Morgan fingerprint density at radius 2 is 1.86 bits per heavy atom. The average molecular weight is 321 g/mol. The summed E-state index contributed by atoms with van der Waals surface area (Å²) in [6.07, 6.45) is 4.22. The van der Waals surface area contributed by atoms with Gasteiger partial charge in [0.2, 0.25) is 5.91 Å². The Balaban J connectivity index is 2.14. The van der Waals surface area contributed by atoms with E-state index >= 15 is 0 Å². The Kier molecular flexibility index (Phi) is 5.56. The first-order chi connectivity index (χ1) is 10.4. The molecule has 1 amide bonds. The number of nitrogens with two attached hydrogens (primary N) is 1. The monoisotopic (exact) mass is 320 g/mol. The second-order valence-corrected chi connectivity index (χ2v) is 8.60.